The normalized spacial score (nSPS) is 21.0. The third-order valence-electron chi connectivity index (χ3n) is 5.15. The third-order valence-corrected chi connectivity index (χ3v) is 5.15. The number of benzene rings is 1. The molecule has 1 atom stereocenters. The lowest BCUT2D eigenvalue weighted by atomic mass is 9.72. The Hall–Kier alpha value is -2.04. The largest absolute Gasteiger partial charge is 0.333 e. The van der Waals surface area contributed by atoms with Crippen molar-refractivity contribution in [3.8, 4) is 0 Å². The lowest BCUT2D eigenvalue weighted by Gasteiger charge is -2.42. The number of halogens is 2. The average Bonchev–Trinajstić information content (AvgIpc) is 2.55. The second kappa shape index (κ2) is 7.46. The maximum atomic E-state index is 14.0. The Balaban J connectivity index is 2.41. The number of unbranched alkanes of at least 4 members (excludes halogenated alkanes) is 1. The van der Waals surface area contributed by atoms with E-state index in [4.69, 9.17) is 0 Å². The Labute approximate surface area is 147 Å². The minimum atomic E-state index is -0.943. The van der Waals surface area contributed by atoms with Crippen LogP contribution in [0.15, 0.2) is 29.3 Å². The van der Waals surface area contributed by atoms with Crippen LogP contribution in [0.1, 0.15) is 52.5 Å². The zero-order valence-electron chi connectivity index (χ0n) is 15.3. The Morgan fingerprint density at radius 3 is 2.60 bits per heavy atom. The number of Topliss-reactive ketones (excluding diaryl/α,β-unsaturated/α-hetero) is 1. The Morgan fingerprint density at radius 1 is 1.32 bits per heavy atom. The predicted octanol–water partition coefficient (Wildman–Crippen LogP) is 4.41. The summed E-state index contributed by atoms with van der Waals surface area (Å²) < 4.78 is 27.5. The van der Waals surface area contributed by atoms with Crippen LogP contribution in [0.3, 0.4) is 0 Å². The van der Waals surface area contributed by atoms with Crippen LogP contribution in [0, 0.1) is 17.0 Å². The fraction of sp³-hybridized carbons (Fsp3) is 0.500. The van der Waals surface area contributed by atoms with Crippen LogP contribution in [-0.4, -0.2) is 23.1 Å². The van der Waals surface area contributed by atoms with Gasteiger partial charge in [0.05, 0.1) is 5.57 Å². The summed E-state index contributed by atoms with van der Waals surface area (Å²) in [6.45, 7) is 7.68. The summed E-state index contributed by atoms with van der Waals surface area (Å²) in [7, 11) is 0. The van der Waals surface area contributed by atoms with Crippen LogP contribution in [0.2, 0.25) is 0 Å². The van der Waals surface area contributed by atoms with Gasteiger partial charge in [-0.1, -0.05) is 38.8 Å². The molecule has 1 aromatic rings. The van der Waals surface area contributed by atoms with E-state index >= 15 is 0 Å². The summed E-state index contributed by atoms with van der Waals surface area (Å²) in [5, 5.41) is 0. The molecule has 1 aromatic carbocycles. The molecule has 1 amide bonds. The molecule has 0 aromatic heterocycles. The molecule has 0 saturated carbocycles. The molecule has 0 radical (unpaired) electrons. The van der Waals surface area contributed by atoms with E-state index < -0.39 is 17.5 Å². The maximum absolute atomic E-state index is 14.0. The standard InChI is InChI=1S/C20H25F2NO2/c1-5-6-10-20(4)12-23(19(25)17(13(20)2)14(3)24)11-15-8-7-9-16(21)18(15)22/h7-9H,5-6,10-12H2,1-4H3. The zero-order valence-corrected chi connectivity index (χ0v) is 15.3. The number of ketones is 1. The van der Waals surface area contributed by atoms with Gasteiger partial charge in [0.25, 0.3) is 5.91 Å². The lowest BCUT2D eigenvalue weighted by molar-refractivity contribution is -0.132. The van der Waals surface area contributed by atoms with Gasteiger partial charge in [-0.15, -0.1) is 0 Å². The zero-order chi connectivity index (χ0) is 18.8. The van der Waals surface area contributed by atoms with Crippen LogP contribution in [-0.2, 0) is 16.1 Å². The highest BCUT2D eigenvalue weighted by Crippen LogP contribution is 2.40. The highest BCUT2D eigenvalue weighted by molar-refractivity contribution is 6.19. The molecule has 136 valence electrons. The van der Waals surface area contributed by atoms with Gasteiger partial charge in [0.2, 0.25) is 0 Å². The van der Waals surface area contributed by atoms with Crippen molar-refractivity contribution >= 4 is 11.7 Å². The number of hydrogen-bond donors (Lipinski definition) is 0. The molecule has 25 heavy (non-hydrogen) atoms. The van der Waals surface area contributed by atoms with Gasteiger partial charge in [0.15, 0.2) is 17.4 Å². The van der Waals surface area contributed by atoms with Gasteiger partial charge in [0.1, 0.15) is 0 Å². The minimum Gasteiger partial charge on any atom is -0.333 e. The molecular weight excluding hydrogens is 324 g/mol. The summed E-state index contributed by atoms with van der Waals surface area (Å²) in [5.74, 6) is -2.56. The van der Waals surface area contributed by atoms with E-state index in [1.165, 1.54) is 24.0 Å². The molecule has 0 fully saturated rings. The highest BCUT2D eigenvalue weighted by atomic mass is 19.2. The number of nitrogens with zero attached hydrogens (tertiary/aromatic N) is 1. The SMILES string of the molecule is CCCCC1(C)CN(Cc2cccc(F)c2F)C(=O)C(C(C)=O)=C1C. The van der Waals surface area contributed by atoms with Gasteiger partial charge < -0.3 is 4.90 Å². The first-order valence-corrected chi connectivity index (χ1v) is 8.65. The molecule has 3 nitrogen and oxygen atoms in total. The molecule has 0 bridgehead atoms. The summed E-state index contributed by atoms with van der Waals surface area (Å²) in [4.78, 5) is 26.3. The van der Waals surface area contributed by atoms with Gasteiger partial charge in [-0.2, -0.15) is 0 Å². The van der Waals surface area contributed by atoms with Crippen LogP contribution in [0.4, 0.5) is 8.78 Å². The van der Waals surface area contributed by atoms with E-state index in [0.29, 0.717) is 6.54 Å². The second-order valence-electron chi connectivity index (χ2n) is 7.09. The van der Waals surface area contributed by atoms with Crippen molar-refractivity contribution in [1.29, 1.82) is 0 Å². The molecular formula is C20H25F2NO2. The van der Waals surface area contributed by atoms with E-state index in [-0.39, 0.29) is 28.9 Å². The van der Waals surface area contributed by atoms with E-state index in [2.05, 4.69) is 6.92 Å². The van der Waals surface area contributed by atoms with E-state index in [1.54, 1.807) is 0 Å². The van der Waals surface area contributed by atoms with Crippen molar-refractivity contribution < 1.29 is 18.4 Å². The average molecular weight is 349 g/mol. The quantitative estimate of drug-likeness (QED) is 0.714. The molecule has 0 saturated heterocycles. The first kappa shape index (κ1) is 19.3. The van der Waals surface area contributed by atoms with Crippen molar-refractivity contribution in [2.75, 3.05) is 6.54 Å². The van der Waals surface area contributed by atoms with Crippen molar-refractivity contribution in [1.82, 2.24) is 4.90 Å². The van der Waals surface area contributed by atoms with Crippen molar-refractivity contribution in [2.24, 2.45) is 5.41 Å². The monoisotopic (exact) mass is 349 g/mol. The maximum Gasteiger partial charge on any atom is 0.257 e. The number of carbonyl (C=O) groups excluding carboxylic acids is 2. The fourth-order valence-electron chi connectivity index (χ4n) is 3.48. The molecule has 1 aliphatic heterocycles. The second-order valence-corrected chi connectivity index (χ2v) is 7.09. The van der Waals surface area contributed by atoms with E-state index in [9.17, 15) is 18.4 Å². The number of hydrogen-bond acceptors (Lipinski definition) is 2. The Morgan fingerprint density at radius 2 is 2.00 bits per heavy atom. The lowest BCUT2D eigenvalue weighted by Crippen LogP contribution is -2.47. The number of amides is 1. The molecule has 5 heteroatoms. The first-order chi connectivity index (χ1) is 11.7. The number of rotatable bonds is 6. The van der Waals surface area contributed by atoms with Crippen LogP contribution in [0.25, 0.3) is 0 Å². The van der Waals surface area contributed by atoms with Gasteiger partial charge in [0, 0.05) is 24.1 Å². The van der Waals surface area contributed by atoms with Crippen molar-refractivity contribution in [2.45, 2.75) is 53.5 Å². The van der Waals surface area contributed by atoms with E-state index in [1.807, 2.05) is 13.8 Å². The van der Waals surface area contributed by atoms with Crippen LogP contribution < -0.4 is 0 Å². The fourth-order valence-corrected chi connectivity index (χ4v) is 3.48. The molecule has 1 aliphatic rings. The number of carbonyl (C=O) groups is 2. The van der Waals surface area contributed by atoms with Crippen LogP contribution >= 0.6 is 0 Å². The summed E-state index contributed by atoms with van der Waals surface area (Å²) in [6.07, 6.45) is 2.81. The van der Waals surface area contributed by atoms with Gasteiger partial charge in [-0.25, -0.2) is 8.78 Å². The van der Waals surface area contributed by atoms with Gasteiger partial charge >= 0.3 is 0 Å². The Kier molecular flexibility index (Phi) is 5.76. The van der Waals surface area contributed by atoms with Crippen molar-refractivity contribution in [3.05, 3.63) is 46.5 Å². The predicted molar refractivity (Wildman–Crippen MR) is 92.8 cm³/mol. The third kappa shape index (κ3) is 3.80. The van der Waals surface area contributed by atoms with Crippen molar-refractivity contribution in [3.63, 3.8) is 0 Å². The van der Waals surface area contributed by atoms with Crippen LogP contribution in [0.5, 0.6) is 0 Å². The summed E-state index contributed by atoms with van der Waals surface area (Å²) in [5.41, 5.74) is 0.763. The molecule has 0 spiro atoms. The summed E-state index contributed by atoms with van der Waals surface area (Å²) >= 11 is 0. The van der Waals surface area contributed by atoms with Gasteiger partial charge in [-0.05, 0) is 31.9 Å². The smallest absolute Gasteiger partial charge is 0.257 e. The minimum absolute atomic E-state index is 0.0474. The van der Waals surface area contributed by atoms with E-state index in [0.717, 1.165) is 30.9 Å². The van der Waals surface area contributed by atoms with Gasteiger partial charge in [-0.3, -0.25) is 9.59 Å². The topological polar surface area (TPSA) is 37.4 Å². The highest BCUT2D eigenvalue weighted by Gasteiger charge is 2.40. The molecule has 0 aliphatic carbocycles. The Bertz CT molecular complexity index is 726. The molecule has 1 unspecified atom stereocenters. The molecule has 1 heterocycles. The first-order valence-electron chi connectivity index (χ1n) is 8.65. The molecule has 0 N–H and O–H groups in total. The molecule has 2 rings (SSSR count). The summed E-state index contributed by atoms with van der Waals surface area (Å²) in [6, 6.07) is 3.94.